The van der Waals surface area contributed by atoms with Gasteiger partial charge in [0.1, 0.15) is 19.3 Å². The molecule has 0 N–H and O–H groups in total. The van der Waals surface area contributed by atoms with Crippen molar-refractivity contribution in [2.45, 2.75) is 89.1 Å². The average molecular weight is 507 g/mol. The molecule has 0 aromatic carbocycles. The molecule has 3 rings (SSSR count). The molecule has 1 aliphatic rings. The fraction of sp³-hybridized carbons (Fsp3) is 0.760. The third kappa shape index (κ3) is 8.44. The summed E-state index contributed by atoms with van der Waals surface area (Å²) in [6.45, 7) is 16.8. The first-order chi connectivity index (χ1) is 16.1. The molecular formula is C25H46N4O3Si2. The van der Waals surface area contributed by atoms with Crippen LogP contribution in [-0.2, 0) is 14.2 Å². The van der Waals surface area contributed by atoms with E-state index in [1.54, 1.807) is 0 Å². The van der Waals surface area contributed by atoms with Gasteiger partial charge < -0.3 is 19.1 Å². The summed E-state index contributed by atoms with van der Waals surface area (Å²) in [7, 11) is -0.463. The highest BCUT2D eigenvalue weighted by Crippen LogP contribution is 2.34. The number of hydrogen-bond donors (Lipinski definition) is 0. The van der Waals surface area contributed by atoms with Crippen molar-refractivity contribution in [1.29, 1.82) is 0 Å². The first kappa shape index (κ1) is 27.3. The van der Waals surface area contributed by atoms with E-state index in [0.717, 1.165) is 68.1 Å². The van der Waals surface area contributed by atoms with Gasteiger partial charge in [0.25, 0.3) is 0 Å². The minimum absolute atomic E-state index is 0.380. The van der Waals surface area contributed by atoms with Crippen LogP contribution in [0.2, 0.25) is 51.4 Å². The molecule has 1 fully saturated rings. The Morgan fingerprint density at radius 1 is 0.941 bits per heavy atom. The van der Waals surface area contributed by atoms with E-state index in [0.29, 0.717) is 25.5 Å². The second-order valence-electron chi connectivity index (χ2n) is 12.1. The van der Waals surface area contributed by atoms with E-state index in [1.165, 1.54) is 0 Å². The molecule has 192 valence electrons. The van der Waals surface area contributed by atoms with Gasteiger partial charge in [-0.2, -0.15) is 9.61 Å². The Morgan fingerprint density at radius 3 is 2.06 bits per heavy atom. The summed E-state index contributed by atoms with van der Waals surface area (Å²) in [5.74, 6) is 1.45. The number of hydrogen-bond acceptors (Lipinski definition) is 6. The molecule has 2 heterocycles. The quantitative estimate of drug-likeness (QED) is 0.193. The number of methoxy groups -OCH3 is 1. The number of anilines is 1. The van der Waals surface area contributed by atoms with Crippen LogP contribution >= 0.6 is 0 Å². The normalized spacial score (nSPS) is 19.6. The highest BCUT2D eigenvalue weighted by molar-refractivity contribution is 6.76. The molecule has 0 bridgehead atoms. The number of fused-ring (bicyclic) bond motifs is 1. The Morgan fingerprint density at radius 2 is 1.53 bits per heavy atom. The van der Waals surface area contributed by atoms with Crippen molar-refractivity contribution < 1.29 is 14.2 Å². The molecule has 0 aliphatic heterocycles. The Bertz CT molecular complexity index is 864. The molecule has 2 aromatic rings. The SMILES string of the molecule is CO[C@H]1CC[C@@H](c2cc(N(COCC[Si](C)(C)C)COCC[Si](C)(C)C)n3nccc3n2)CC1. The summed E-state index contributed by atoms with van der Waals surface area (Å²) in [6.07, 6.45) is 6.60. The largest absolute Gasteiger partial charge is 0.381 e. The van der Waals surface area contributed by atoms with E-state index in [1.807, 2.05) is 23.9 Å². The van der Waals surface area contributed by atoms with Gasteiger partial charge in [0, 0.05) is 60.2 Å². The van der Waals surface area contributed by atoms with E-state index >= 15 is 0 Å². The van der Waals surface area contributed by atoms with E-state index < -0.39 is 16.1 Å². The zero-order valence-electron chi connectivity index (χ0n) is 22.5. The Labute approximate surface area is 208 Å². The standard InChI is InChI=1S/C25H46N4O3Si2/c1-30-22-10-8-21(9-11-22)23-18-25(29-24(27-23)12-13-26-29)28(19-31-14-16-33(2,3)4)20-32-15-17-34(5,6)7/h12-13,18,21-22H,8-11,14-17,19-20H2,1-7H3/t21-,22+. The summed E-state index contributed by atoms with van der Waals surface area (Å²) >= 11 is 0. The first-order valence-electron chi connectivity index (χ1n) is 12.8. The van der Waals surface area contributed by atoms with Crippen molar-refractivity contribution in [3.05, 3.63) is 24.0 Å². The third-order valence-electron chi connectivity index (χ3n) is 6.60. The maximum Gasteiger partial charge on any atom is 0.157 e. The van der Waals surface area contributed by atoms with E-state index in [9.17, 15) is 0 Å². The minimum Gasteiger partial charge on any atom is -0.381 e. The van der Waals surface area contributed by atoms with Gasteiger partial charge in [0.15, 0.2) is 5.65 Å². The number of rotatable bonds is 13. The highest BCUT2D eigenvalue weighted by Gasteiger charge is 2.25. The van der Waals surface area contributed by atoms with Gasteiger partial charge in [-0.25, -0.2) is 4.98 Å². The van der Waals surface area contributed by atoms with Crippen molar-refractivity contribution >= 4 is 27.6 Å². The van der Waals surface area contributed by atoms with Crippen molar-refractivity contribution in [3.8, 4) is 0 Å². The third-order valence-corrected chi connectivity index (χ3v) is 10.0. The molecule has 0 atom stereocenters. The van der Waals surface area contributed by atoms with Crippen molar-refractivity contribution in [1.82, 2.24) is 14.6 Å². The predicted octanol–water partition coefficient (Wildman–Crippen LogP) is 5.83. The maximum absolute atomic E-state index is 6.17. The first-order valence-corrected chi connectivity index (χ1v) is 20.2. The second kappa shape index (κ2) is 12.1. The zero-order chi connectivity index (χ0) is 24.8. The summed E-state index contributed by atoms with van der Waals surface area (Å²) in [5.41, 5.74) is 2.03. The number of aromatic nitrogens is 3. The van der Waals surface area contributed by atoms with Crippen LogP contribution < -0.4 is 4.90 Å². The molecule has 0 unspecified atom stereocenters. The molecule has 0 saturated heterocycles. The van der Waals surface area contributed by atoms with Gasteiger partial charge in [-0.15, -0.1) is 0 Å². The Kier molecular flexibility index (Phi) is 9.74. The van der Waals surface area contributed by atoms with Crippen LogP contribution in [0.4, 0.5) is 5.82 Å². The topological polar surface area (TPSA) is 61.1 Å². The van der Waals surface area contributed by atoms with Gasteiger partial charge in [-0.3, -0.25) is 0 Å². The molecule has 34 heavy (non-hydrogen) atoms. The van der Waals surface area contributed by atoms with Crippen LogP contribution in [0.25, 0.3) is 5.65 Å². The van der Waals surface area contributed by atoms with Crippen LogP contribution in [0.1, 0.15) is 37.3 Å². The fourth-order valence-corrected chi connectivity index (χ4v) is 5.73. The number of ether oxygens (including phenoxy) is 3. The molecular weight excluding hydrogens is 460 g/mol. The molecule has 7 nitrogen and oxygen atoms in total. The van der Waals surface area contributed by atoms with Gasteiger partial charge in [-0.1, -0.05) is 39.3 Å². The van der Waals surface area contributed by atoms with Gasteiger partial charge in [0.05, 0.1) is 12.3 Å². The van der Waals surface area contributed by atoms with E-state index in [2.05, 4.69) is 55.3 Å². The lowest BCUT2D eigenvalue weighted by Gasteiger charge is -2.29. The zero-order valence-corrected chi connectivity index (χ0v) is 24.5. The Balaban J connectivity index is 1.78. The molecule has 0 amide bonds. The lowest BCUT2D eigenvalue weighted by Crippen LogP contribution is -2.33. The minimum atomic E-state index is -1.14. The van der Waals surface area contributed by atoms with Gasteiger partial charge >= 0.3 is 0 Å². The predicted molar refractivity (Wildman–Crippen MR) is 145 cm³/mol. The highest BCUT2D eigenvalue weighted by atomic mass is 28.3. The monoisotopic (exact) mass is 506 g/mol. The Hall–Kier alpha value is -1.27. The molecule has 1 aliphatic carbocycles. The van der Waals surface area contributed by atoms with Crippen LogP contribution in [0, 0.1) is 0 Å². The lowest BCUT2D eigenvalue weighted by molar-refractivity contribution is 0.0655. The molecule has 1 saturated carbocycles. The fourth-order valence-electron chi connectivity index (χ4n) is 4.22. The molecule has 2 aromatic heterocycles. The van der Waals surface area contributed by atoms with E-state index in [4.69, 9.17) is 19.2 Å². The average Bonchev–Trinajstić information content (AvgIpc) is 3.25. The molecule has 0 radical (unpaired) electrons. The summed E-state index contributed by atoms with van der Waals surface area (Å²) in [4.78, 5) is 7.15. The van der Waals surface area contributed by atoms with Crippen LogP contribution in [0.3, 0.4) is 0 Å². The summed E-state index contributed by atoms with van der Waals surface area (Å²) in [5, 5.41) is 4.58. The smallest absolute Gasteiger partial charge is 0.157 e. The van der Waals surface area contributed by atoms with E-state index in [-0.39, 0.29) is 0 Å². The van der Waals surface area contributed by atoms with Gasteiger partial charge in [0.2, 0.25) is 0 Å². The van der Waals surface area contributed by atoms with Crippen molar-refractivity contribution in [3.63, 3.8) is 0 Å². The van der Waals surface area contributed by atoms with Crippen molar-refractivity contribution in [2.75, 3.05) is 38.7 Å². The van der Waals surface area contributed by atoms with Crippen molar-refractivity contribution in [2.24, 2.45) is 0 Å². The van der Waals surface area contributed by atoms with Crippen LogP contribution in [0.5, 0.6) is 0 Å². The maximum atomic E-state index is 6.17. The van der Waals surface area contributed by atoms with Crippen LogP contribution in [0.15, 0.2) is 18.3 Å². The molecule has 0 spiro atoms. The molecule has 9 heteroatoms. The van der Waals surface area contributed by atoms with Crippen LogP contribution in [-0.4, -0.2) is 70.6 Å². The van der Waals surface area contributed by atoms with Gasteiger partial charge in [-0.05, 0) is 37.8 Å². The summed E-state index contributed by atoms with van der Waals surface area (Å²) in [6, 6.07) is 6.50. The number of nitrogens with zero attached hydrogens (tertiary/aromatic N) is 4. The summed E-state index contributed by atoms with van der Waals surface area (Å²) < 4.78 is 19.9. The second-order valence-corrected chi connectivity index (χ2v) is 23.3. The lowest BCUT2D eigenvalue weighted by atomic mass is 9.85.